The van der Waals surface area contributed by atoms with E-state index in [0.29, 0.717) is 0 Å². The Labute approximate surface area is 122 Å². The minimum absolute atomic E-state index is 0.170. The summed E-state index contributed by atoms with van der Waals surface area (Å²) in [4.78, 5) is 2.50. The predicted molar refractivity (Wildman–Crippen MR) is 86.9 cm³/mol. The Morgan fingerprint density at radius 2 is 1.50 bits per heavy atom. The van der Waals surface area contributed by atoms with E-state index in [2.05, 4.69) is 74.2 Å². The maximum Gasteiger partial charge on any atom is 0.0448 e. The van der Waals surface area contributed by atoms with Crippen molar-refractivity contribution in [1.29, 1.82) is 0 Å². The second kappa shape index (κ2) is 4.97. The fraction of sp³-hybridized carbons (Fsp3) is 0.368. The number of benzene rings is 2. The average Bonchev–Trinajstić information content (AvgIpc) is 2.46. The van der Waals surface area contributed by atoms with E-state index in [-0.39, 0.29) is 5.41 Å². The zero-order chi connectivity index (χ0) is 14.2. The predicted octanol–water partition coefficient (Wildman–Crippen LogP) is 5.07. The molecule has 0 fully saturated rings. The molecule has 1 nitrogen and oxygen atoms in total. The van der Waals surface area contributed by atoms with Crippen LogP contribution in [0.3, 0.4) is 0 Å². The first kappa shape index (κ1) is 13.2. The van der Waals surface area contributed by atoms with Crippen molar-refractivity contribution in [3.05, 3.63) is 59.7 Å². The van der Waals surface area contributed by atoms with E-state index in [1.165, 1.54) is 35.3 Å². The Hall–Kier alpha value is -1.76. The Morgan fingerprint density at radius 3 is 2.25 bits per heavy atom. The first-order valence-corrected chi connectivity index (χ1v) is 7.52. The molecule has 1 aliphatic heterocycles. The summed E-state index contributed by atoms with van der Waals surface area (Å²) in [6, 6.07) is 17.7. The van der Waals surface area contributed by atoms with Gasteiger partial charge in [-0.3, -0.25) is 0 Å². The van der Waals surface area contributed by atoms with Gasteiger partial charge in [-0.15, -0.1) is 0 Å². The van der Waals surface area contributed by atoms with Crippen molar-refractivity contribution in [2.24, 2.45) is 0 Å². The summed E-state index contributed by atoms with van der Waals surface area (Å²) < 4.78 is 0. The van der Waals surface area contributed by atoms with Gasteiger partial charge < -0.3 is 4.90 Å². The quantitative estimate of drug-likeness (QED) is 0.696. The van der Waals surface area contributed by atoms with Crippen molar-refractivity contribution in [3.63, 3.8) is 0 Å². The number of hydrogen-bond acceptors (Lipinski definition) is 1. The summed E-state index contributed by atoms with van der Waals surface area (Å²) >= 11 is 0. The average molecular weight is 265 g/mol. The van der Waals surface area contributed by atoms with Crippen molar-refractivity contribution in [2.45, 2.75) is 39.0 Å². The van der Waals surface area contributed by atoms with Crippen LogP contribution in [0.5, 0.6) is 0 Å². The fourth-order valence-electron chi connectivity index (χ4n) is 3.13. The maximum absolute atomic E-state index is 2.50. The molecule has 2 aromatic carbocycles. The standard InChI is InChI=1S/C19H23N/c1-19(2,3)16-11-5-7-13-18(16)20-14-8-10-15-9-4-6-12-17(15)20/h4-7,9,11-13H,8,10,14H2,1-3H3. The molecule has 0 aromatic heterocycles. The second-order valence-corrected chi connectivity index (χ2v) is 6.65. The lowest BCUT2D eigenvalue weighted by Crippen LogP contribution is -2.27. The SMILES string of the molecule is CC(C)(C)c1ccccc1N1CCCc2ccccc21. The Morgan fingerprint density at radius 1 is 0.850 bits per heavy atom. The van der Waals surface area contributed by atoms with Crippen LogP contribution in [0.4, 0.5) is 11.4 Å². The van der Waals surface area contributed by atoms with Crippen molar-refractivity contribution in [1.82, 2.24) is 0 Å². The molecule has 1 heteroatoms. The van der Waals surface area contributed by atoms with E-state index in [4.69, 9.17) is 0 Å². The zero-order valence-electron chi connectivity index (χ0n) is 12.7. The summed E-state index contributed by atoms with van der Waals surface area (Å²) in [6.45, 7) is 8.00. The lowest BCUT2D eigenvalue weighted by Gasteiger charge is -2.35. The molecule has 104 valence electrons. The molecule has 0 aliphatic carbocycles. The lowest BCUT2D eigenvalue weighted by atomic mass is 9.85. The summed E-state index contributed by atoms with van der Waals surface area (Å²) in [5.74, 6) is 0. The molecule has 1 aliphatic rings. The highest BCUT2D eigenvalue weighted by atomic mass is 15.1. The summed E-state index contributed by atoms with van der Waals surface area (Å²) in [7, 11) is 0. The highest BCUT2D eigenvalue weighted by Gasteiger charge is 2.24. The molecule has 3 rings (SSSR count). The van der Waals surface area contributed by atoms with Crippen molar-refractivity contribution in [3.8, 4) is 0 Å². The molecule has 0 saturated heterocycles. The first-order chi connectivity index (χ1) is 9.57. The van der Waals surface area contributed by atoms with Crippen molar-refractivity contribution >= 4 is 11.4 Å². The number of anilines is 2. The number of hydrogen-bond donors (Lipinski definition) is 0. The van der Waals surface area contributed by atoms with E-state index in [0.717, 1.165) is 6.54 Å². The van der Waals surface area contributed by atoms with Gasteiger partial charge in [-0.05, 0) is 41.5 Å². The van der Waals surface area contributed by atoms with Crippen LogP contribution in [0.15, 0.2) is 48.5 Å². The Bertz CT molecular complexity index is 607. The van der Waals surface area contributed by atoms with Crippen LogP contribution in [-0.4, -0.2) is 6.54 Å². The molecular formula is C19H23N. The van der Waals surface area contributed by atoms with E-state index < -0.39 is 0 Å². The topological polar surface area (TPSA) is 3.24 Å². The number of rotatable bonds is 1. The largest absolute Gasteiger partial charge is 0.341 e. The second-order valence-electron chi connectivity index (χ2n) is 6.65. The highest BCUT2D eigenvalue weighted by Crippen LogP contribution is 2.39. The summed E-state index contributed by atoms with van der Waals surface area (Å²) in [5, 5.41) is 0. The maximum atomic E-state index is 2.50. The third-order valence-corrected chi connectivity index (χ3v) is 4.11. The number of aryl methyl sites for hydroxylation is 1. The van der Waals surface area contributed by atoms with Crippen LogP contribution in [0, 0.1) is 0 Å². The van der Waals surface area contributed by atoms with Crippen LogP contribution in [0.1, 0.15) is 38.3 Å². The van der Waals surface area contributed by atoms with Gasteiger partial charge in [0.1, 0.15) is 0 Å². The van der Waals surface area contributed by atoms with Gasteiger partial charge >= 0.3 is 0 Å². The number of fused-ring (bicyclic) bond motifs is 1. The molecule has 0 atom stereocenters. The number of para-hydroxylation sites is 2. The van der Waals surface area contributed by atoms with Gasteiger partial charge in [0.15, 0.2) is 0 Å². The minimum Gasteiger partial charge on any atom is -0.341 e. The molecule has 0 saturated carbocycles. The molecule has 0 spiro atoms. The van der Waals surface area contributed by atoms with Gasteiger partial charge in [0, 0.05) is 17.9 Å². The highest BCUT2D eigenvalue weighted by molar-refractivity contribution is 5.71. The minimum atomic E-state index is 0.170. The molecule has 0 N–H and O–H groups in total. The Kier molecular flexibility index (Phi) is 3.29. The molecule has 20 heavy (non-hydrogen) atoms. The summed E-state index contributed by atoms with van der Waals surface area (Å²) in [5.41, 5.74) is 5.82. The molecule has 2 aromatic rings. The van der Waals surface area contributed by atoms with Gasteiger partial charge in [0.25, 0.3) is 0 Å². The third-order valence-electron chi connectivity index (χ3n) is 4.11. The van der Waals surface area contributed by atoms with E-state index >= 15 is 0 Å². The van der Waals surface area contributed by atoms with Gasteiger partial charge in [0.05, 0.1) is 0 Å². The van der Waals surface area contributed by atoms with E-state index in [1.807, 2.05) is 0 Å². The molecule has 0 amide bonds. The molecule has 1 heterocycles. The molecule has 0 bridgehead atoms. The molecule has 0 radical (unpaired) electrons. The summed E-state index contributed by atoms with van der Waals surface area (Å²) in [6.07, 6.45) is 2.43. The van der Waals surface area contributed by atoms with Gasteiger partial charge in [-0.25, -0.2) is 0 Å². The fourth-order valence-corrected chi connectivity index (χ4v) is 3.13. The van der Waals surface area contributed by atoms with Crippen LogP contribution >= 0.6 is 0 Å². The van der Waals surface area contributed by atoms with Crippen LogP contribution < -0.4 is 4.90 Å². The lowest BCUT2D eigenvalue weighted by molar-refractivity contribution is 0.588. The van der Waals surface area contributed by atoms with Crippen LogP contribution in [-0.2, 0) is 11.8 Å². The van der Waals surface area contributed by atoms with E-state index in [1.54, 1.807) is 0 Å². The smallest absolute Gasteiger partial charge is 0.0448 e. The van der Waals surface area contributed by atoms with Gasteiger partial charge in [0.2, 0.25) is 0 Å². The van der Waals surface area contributed by atoms with Crippen LogP contribution in [0.25, 0.3) is 0 Å². The first-order valence-electron chi connectivity index (χ1n) is 7.52. The molecule has 0 unspecified atom stereocenters. The monoisotopic (exact) mass is 265 g/mol. The van der Waals surface area contributed by atoms with Crippen LogP contribution in [0.2, 0.25) is 0 Å². The van der Waals surface area contributed by atoms with E-state index in [9.17, 15) is 0 Å². The molecular weight excluding hydrogens is 242 g/mol. The van der Waals surface area contributed by atoms with Crippen molar-refractivity contribution in [2.75, 3.05) is 11.4 Å². The van der Waals surface area contributed by atoms with Gasteiger partial charge in [-0.1, -0.05) is 57.2 Å². The third kappa shape index (κ3) is 2.33. The van der Waals surface area contributed by atoms with Crippen molar-refractivity contribution < 1.29 is 0 Å². The normalized spacial score (nSPS) is 15.1. The number of nitrogens with zero attached hydrogens (tertiary/aromatic N) is 1. The zero-order valence-corrected chi connectivity index (χ0v) is 12.7. The van der Waals surface area contributed by atoms with Gasteiger partial charge in [-0.2, -0.15) is 0 Å². The Balaban J connectivity index is 2.12.